The Morgan fingerprint density at radius 3 is 1.87 bits per heavy atom. The summed E-state index contributed by atoms with van der Waals surface area (Å²) in [6.07, 6.45) is 0. The highest BCUT2D eigenvalue weighted by Crippen LogP contribution is 2.29. The van der Waals surface area contributed by atoms with Gasteiger partial charge in [0.25, 0.3) is 10.5 Å². The van der Waals surface area contributed by atoms with Gasteiger partial charge in [0.2, 0.25) is 0 Å². The zero-order chi connectivity index (χ0) is 11.6. The van der Waals surface area contributed by atoms with E-state index in [4.69, 9.17) is 27.9 Å². The third-order valence-corrected chi connectivity index (χ3v) is 2.97. The van der Waals surface area contributed by atoms with Gasteiger partial charge in [-0.2, -0.15) is 0 Å². The van der Waals surface area contributed by atoms with Crippen LogP contribution in [0.4, 0.5) is 0 Å². The molecule has 0 radical (unpaired) electrons. The van der Waals surface area contributed by atoms with E-state index in [2.05, 4.69) is 15.9 Å². The molecule has 0 aliphatic heterocycles. The number of rotatable bonds is 3. The van der Waals surface area contributed by atoms with Gasteiger partial charge in [-0.15, -0.1) is 0 Å². The standard InChI is InChI=1S/C9H5BrCl2O3/c1-15-4-2-5(8(11)13)7(10)6(3-4)9(12)14/h2-3H,1H3. The lowest BCUT2D eigenvalue weighted by Crippen LogP contribution is -2.00. The lowest BCUT2D eigenvalue weighted by Gasteiger charge is -2.07. The molecule has 3 nitrogen and oxygen atoms in total. The molecule has 0 bridgehead atoms. The smallest absolute Gasteiger partial charge is 0.253 e. The van der Waals surface area contributed by atoms with E-state index in [1.54, 1.807) is 0 Å². The summed E-state index contributed by atoms with van der Waals surface area (Å²) in [6, 6.07) is 2.84. The maximum Gasteiger partial charge on any atom is 0.253 e. The number of ether oxygens (including phenoxy) is 1. The Morgan fingerprint density at radius 1 is 1.20 bits per heavy atom. The number of hydrogen-bond donors (Lipinski definition) is 0. The first-order valence-electron chi connectivity index (χ1n) is 3.74. The minimum atomic E-state index is -0.694. The Morgan fingerprint density at radius 2 is 1.60 bits per heavy atom. The highest BCUT2D eigenvalue weighted by Gasteiger charge is 2.17. The van der Waals surface area contributed by atoms with Crippen molar-refractivity contribution in [1.82, 2.24) is 0 Å². The van der Waals surface area contributed by atoms with Gasteiger partial charge in [0.1, 0.15) is 5.75 Å². The fourth-order valence-electron chi connectivity index (χ4n) is 1.00. The van der Waals surface area contributed by atoms with Crippen molar-refractivity contribution in [2.75, 3.05) is 7.11 Å². The summed E-state index contributed by atoms with van der Waals surface area (Å²) in [4.78, 5) is 22.1. The summed E-state index contributed by atoms with van der Waals surface area (Å²) in [6.45, 7) is 0. The SMILES string of the molecule is COc1cc(C(=O)Cl)c(Br)c(C(=O)Cl)c1. The minimum absolute atomic E-state index is 0.139. The van der Waals surface area contributed by atoms with Gasteiger partial charge in [0, 0.05) is 4.47 Å². The Labute approximate surface area is 104 Å². The number of methoxy groups -OCH3 is 1. The van der Waals surface area contributed by atoms with Crippen LogP contribution in [-0.2, 0) is 0 Å². The average Bonchev–Trinajstić information content (AvgIpc) is 2.17. The lowest BCUT2D eigenvalue weighted by molar-refractivity contribution is 0.108. The predicted octanol–water partition coefficient (Wildman–Crippen LogP) is 3.22. The zero-order valence-electron chi connectivity index (χ0n) is 7.51. The molecule has 0 aliphatic carbocycles. The first-order chi connectivity index (χ1) is 6.97. The van der Waals surface area contributed by atoms with Gasteiger partial charge < -0.3 is 4.74 Å². The van der Waals surface area contributed by atoms with Crippen molar-refractivity contribution in [2.24, 2.45) is 0 Å². The van der Waals surface area contributed by atoms with Gasteiger partial charge in [0.15, 0.2) is 0 Å². The highest BCUT2D eigenvalue weighted by molar-refractivity contribution is 9.10. The second kappa shape index (κ2) is 4.96. The molecule has 0 amide bonds. The molecular formula is C9H5BrCl2O3. The van der Waals surface area contributed by atoms with Crippen LogP contribution < -0.4 is 4.74 Å². The van der Waals surface area contributed by atoms with E-state index < -0.39 is 10.5 Å². The largest absolute Gasteiger partial charge is 0.497 e. The molecule has 0 N–H and O–H groups in total. The van der Waals surface area contributed by atoms with Crippen LogP contribution in [0, 0.1) is 0 Å². The Hall–Kier alpha value is -0.580. The van der Waals surface area contributed by atoms with Gasteiger partial charge in [-0.3, -0.25) is 9.59 Å². The third kappa shape index (κ3) is 2.71. The molecule has 0 unspecified atom stereocenters. The quantitative estimate of drug-likeness (QED) is 0.805. The lowest BCUT2D eigenvalue weighted by atomic mass is 10.1. The van der Waals surface area contributed by atoms with Crippen molar-refractivity contribution >= 4 is 49.6 Å². The Balaban J connectivity index is 3.47. The average molecular weight is 312 g/mol. The van der Waals surface area contributed by atoms with E-state index in [0.29, 0.717) is 5.75 Å². The molecule has 1 aromatic carbocycles. The molecule has 15 heavy (non-hydrogen) atoms. The Bertz CT molecular complexity index is 396. The van der Waals surface area contributed by atoms with Crippen LogP contribution in [0.2, 0.25) is 0 Å². The number of halogens is 3. The van der Waals surface area contributed by atoms with Crippen LogP contribution in [0.15, 0.2) is 16.6 Å². The molecular weight excluding hydrogens is 307 g/mol. The van der Waals surface area contributed by atoms with Crippen molar-refractivity contribution in [3.63, 3.8) is 0 Å². The topological polar surface area (TPSA) is 43.4 Å². The normalized spacial score (nSPS) is 9.87. The van der Waals surface area contributed by atoms with Gasteiger partial charge in [-0.25, -0.2) is 0 Å². The van der Waals surface area contributed by atoms with Crippen LogP contribution in [0.3, 0.4) is 0 Å². The molecule has 6 heteroatoms. The van der Waals surface area contributed by atoms with E-state index in [9.17, 15) is 9.59 Å². The maximum atomic E-state index is 11.0. The zero-order valence-corrected chi connectivity index (χ0v) is 10.6. The van der Waals surface area contributed by atoms with Gasteiger partial charge in [-0.05, 0) is 51.3 Å². The number of hydrogen-bond acceptors (Lipinski definition) is 3. The van der Waals surface area contributed by atoms with Gasteiger partial charge in [-0.1, -0.05) is 0 Å². The first-order valence-corrected chi connectivity index (χ1v) is 5.29. The van der Waals surface area contributed by atoms with Crippen molar-refractivity contribution in [2.45, 2.75) is 0 Å². The maximum absolute atomic E-state index is 11.0. The molecule has 0 fully saturated rings. The van der Waals surface area contributed by atoms with E-state index in [1.165, 1.54) is 19.2 Å². The van der Waals surface area contributed by atoms with E-state index in [1.807, 2.05) is 0 Å². The summed E-state index contributed by atoms with van der Waals surface area (Å²) < 4.78 is 5.18. The monoisotopic (exact) mass is 310 g/mol. The van der Waals surface area contributed by atoms with Crippen LogP contribution in [0.25, 0.3) is 0 Å². The second-order valence-electron chi connectivity index (χ2n) is 2.58. The summed E-state index contributed by atoms with van der Waals surface area (Å²) in [7, 11) is 1.41. The van der Waals surface area contributed by atoms with Crippen molar-refractivity contribution in [3.05, 3.63) is 27.7 Å². The molecule has 0 saturated heterocycles. The number of carbonyl (C=O) groups is 2. The van der Waals surface area contributed by atoms with Gasteiger partial charge in [0.05, 0.1) is 18.2 Å². The van der Waals surface area contributed by atoms with Gasteiger partial charge >= 0.3 is 0 Å². The molecule has 1 rings (SSSR count). The number of benzene rings is 1. The van der Waals surface area contributed by atoms with Crippen molar-refractivity contribution < 1.29 is 14.3 Å². The molecule has 0 saturated carbocycles. The fourth-order valence-corrected chi connectivity index (χ4v) is 2.12. The molecule has 0 atom stereocenters. The minimum Gasteiger partial charge on any atom is -0.497 e. The molecule has 0 heterocycles. The third-order valence-electron chi connectivity index (χ3n) is 1.71. The molecule has 80 valence electrons. The Kier molecular flexibility index (Phi) is 4.13. The van der Waals surface area contributed by atoms with Crippen LogP contribution in [0.1, 0.15) is 20.7 Å². The van der Waals surface area contributed by atoms with E-state index in [0.717, 1.165) is 0 Å². The first kappa shape index (κ1) is 12.5. The van der Waals surface area contributed by atoms with E-state index >= 15 is 0 Å². The number of carbonyl (C=O) groups excluding carboxylic acids is 2. The van der Waals surface area contributed by atoms with Crippen LogP contribution in [-0.4, -0.2) is 17.6 Å². The predicted molar refractivity (Wildman–Crippen MR) is 61.1 cm³/mol. The van der Waals surface area contributed by atoms with Crippen molar-refractivity contribution in [3.8, 4) is 5.75 Å². The highest BCUT2D eigenvalue weighted by atomic mass is 79.9. The summed E-state index contributed by atoms with van der Waals surface area (Å²) in [5, 5.41) is -1.39. The molecule has 0 aromatic heterocycles. The summed E-state index contributed by atoms with van der Waals surface area (Å²) in [5.74, 6) is 0.339. The van der Waals surface area contributed by atoms with Crippen LogP contribution in [0.5, 0.6) is 5.75 Å². The molecule has 0 aliphatic rings. The van der Waals surface area contributed by atoms with Crippen molar-refractivity contribution in [1.29, 1.82) is 0 Å². The second-order valence-corrected chi connectivity index (χ2v) is 4.06. The molecule has 1 aromatic rings. The van der Waals surface area contributed by atoms with Crippen LogP contribution >= 0.6 is 39.1 Å². The fraction of sp³-hybridized carbons (Fsp3) is 0.111. The van der Waals surface area contributed by atoms with E-state index in [-0.39, 0.29) is 15.6 Å². The summed E-state index contributed by atoms with van der Waals surface area (Å²) in [5.41, 5.74) is 0.278. The summed E-state index contributed by atoms with van der Waals surface area (Å²) >= 11 is 13.8. The molecule has 0 spiro atoms.